The monoisotopic (exact) mass is 381 g/mol. The van der Waals surface area contributed by atoms with Gasteiger partial charge in [-0.25, -0.2) is 8.42 Å². The number of nitrogens with one attached hydrogen (secondary N) is 1. The van der Waals surface area contributed by atoms with Crippen molar-refractivity contribution in [2.24, 2.45) is 0 Å². The molecule has 0 aliphatic heterocycles. The van der Waals surface area contributed by atoms with Crippen molar-refractivity contribution in [1.29, 1.82) is 0 Å². The summed E-state index contributed by atoms with van der Waals surface area (Å²) in [5, 5.41) is 3.32. The Hall–Kier alpha value is -2.05. The number of amides is 1. The highest BCUT2D eigenvalue weighted by molar-refractivity contribution is 7.90. The van der Waals surface area contributed by atoms with Gasteiger partial charge in [0.15, 0.2) is 16.4 Å². The predicted octanol–water partition coefficient (Wildman–Crippen LogP) is 3.39. The molecule has 1 amide bonds. The molecule has 5 nitrogen and oxygen atoms in total. The molecular formula is C18H20ClNO4S. The maximum atomic E-state index is 12.1. The lowest BCUT2D eigenvalue weighted by Crippen LogP contribution is -2.32. The molecule has 0 heterocycles. The smallest absolute Gasteiger partial charge is 0.258 e. The third kappa shape index (κ3) is 5.47. The Morgan fingerprint density at radius 3 is 2.36 bits per heavy atom. The molecule has 2 aromatic rings. The summed E-state index contributed by atoms with van der Waals surface area (Å²) >= 11 is 5.98. The Morgan fingerprint density at radius 1 is 1.16 bits per heavy atom. The fourth-order valence-electron chi connectivity index (χ4n) is 2.31. The second-order valence-corrected chi connectivity index (χ2v) is 8.01. The molecular weight excluding hydrogens is 362 g/mol. The van der Waals surface area contributed by atoms with Crippen molar-refractivity contribution < 1.29 is 17.9 Å². The van der Waals surface area contributed by atoms with Crippen molar-refractivity contribution in [2.75, 3.05) is 12.9 Å². The van der Waals surface area contributed by atoms with Crippen LogP contribution in [0.2, 0.25) is 5.02 Å². The van der Waals surface area contributed by atoms with E-state index in [1.54, 1.807) is 48.5 Å². The zero-order valence-electron chi connectivity index (χ0n) is 14.0. The van der Waals surface area contributed by atoms with Crippen molar-refractivity contribution in [3.63, 3.8) is 0 Å². The summed E-state index contributed by atoms with van der Waals surface area (Å²) in [6, 6.07) is 13.2. The van der Waals surface area contributed by atoms with Crippen LogP contribution >= 0.6 is 11.6 Å². The highest BCUT2D eigenvalue weighted by atomic mass is 35.5. The molecule has 0 radical (unpaired) electrons. The Kier molecular flexibility index (Phi) is 6.45. The van der Waals surface area contributed by atoms with Crippen LogP contribution in [0.3, 0.4) is 0 Å². The van der Waals surface area contributed by atoms with Gasteiger partial charge in [0.2, 0.25) is 0 Å². The van der Waals surface area contributed by atoms with Crippen molar-refractivity contribution in [3.05, 3.63) is 59.1 Å². The first kappa shape index (κ1) is 19.3. The Balaban J connectivity index is 1.99. The number of benzene rings is 2. The lowest BCUT2D eigenvalue weighted by atomic mass is 10.0. The number of para-hydroxylation sites is 1. The highest BCUT2D eigenvalue weighted by Gasteiger charge is 2.15. The summed E-state index contributed by atoms with van der Waals surface area (Å²) in [6.07, 6.45) is 1.82. The van der Waals surface area contributed by atoms with E-state index in [0.717, 1.165) is 11.8 Å². The van der Waals surface area contributed by atoms with Crippen LogP contribution in [-0.4, -0.2) is 27.2 Å². The van der Waals surface area contributed by atoms with Crippen LogP contribution in [0.25, 0.3) is 0 Å². The molecule has 25 heavy (non-hydrogen) atoms. The van der Waals surface area contributed by atoms with E-state index in [1.165, 1.54) is 0 Å². The maximum Gasteiger partial charge on any atom is 0.258 e. The van der Waals surface area contributed by atoms with Crippen molar-refractivity contribution in [3.8, 4) is 5.75 Å². The van der Waals surface area contributed by atoms with Crippen LogP contribution in [0.1, 0.15) is 24.9 Å². The van der Waals surface area contributed by atoms with E-state index in [0.29, 0.717) is 17.2 Å². The molecule has 1 N–H and O–H groups in total. The van der Waals surface area contributed by atoms with Crippen molar-refractivity contribution in [2.45, 2.75) is 24.3 Å². The lowest BCUT2D eigenvalue weighted by Gasteiger charge is -2.18. The normalized spacial score (nSPS) is 12.4. The molecule has 0 fully saturated rings. The molecule has 7 heteroatoms. The van der Waals surface area contributed by atoms with Crippen LogP contribution in [0.5, 0.6) is 5.75 Å². The number of carbonyl (C=O) groups excluding carboxylic acids is 1. The maximum absolute atomic E-state index is 12.1. The van der Waals surface area contributed by atoms with Gasteiger partial charge in [0.25, 0.3) is 5.91 Å². The molecule has 0 aliphatic carbocycles. The van der Waals surface area contributed by atoms with Gasteiger partial charge in [-0.1, -0.05) is 42.8 Å². The van der Waals surface area contributed by atoms with E-state index >= 15 is 0 Å². The summed E-state index contributed by atoms with van der Waals surface area (Å²) in [4.78, 5) is 12.4. The van der Waals surface area contributed by atoms with E-state index in [-0.39, 0.29) is 23.5 Å². The number of ether oxygens (including phenoxy) is 1. The van der Waals surface area contributed by atoms with E-state index in [4.69, 9.17) is 16.3 Å². The van der Waals surface area contributed by atoms with Gasteiger partial charge in [-0.15, -0.1) is 0 Å². The average Bonchev–Trinajstić information content (AvgIpc) is 2.58. The van der Waals surface area contributed by atoms with E-state index in [9.17, 15) is 13.2 Å². The third-order valence-electron chi connectivity index (χ3n) is 3.65. The second kappa shape index (κ2) is 8.36. The molecule has 2 aromatic carbocycles. The largest absolute Gasteiger partial charge is 0.482 e. The number of hydrogen-bond donors (Lipinski definition) is 1. The lowest BCUT2D eigenvalue weighted by molar-refractivity contribution is -0.123. The SMILES string of the molecule is CCC(NC(=O)COc1ccccc1Cl)c1ccc(S(C)(=O)=O)cc1. The summed E-state index contributed by atoms with van der Waals surface area (Å²) < 4.78 is 28.4. The molecule has 2 rings (SSSR count). The van der Waals surface area contributed by atoms with E-state index in [2.05, 4.69) is 5.32 Å². The minimum Gasteiger partial charge on any atom is -0.482 e. The van der Waals surface area contributed by atoms with Crippen LogP contribution in [0, 0.1) is 0 Å². The molecule has 1 atom stereocenters. The first-order valence-electron chi connectivity index (χ1n) is 7.78. The zero-order chi connectivity index (χ0) is 18.4. The van der Waals surface area contributed by atoms with Crippen molar-refractivity contribution in [1.82, 2.24) is 5.32 Å². The Morgan fingerprint density at radius 2 is 1.80 bits per heavy atom. The van der Waals surface area contributed by atoms with E-state index in [1.807, 2.05) is 6.92 Å². The van der Waals surface area contributed by atoms with Gasteiger partial charge in [0.05, 0.1) is 16.0 Å². The first-order valence-corrected chi connectivity index (χ1v) is 10.0. The van der Waals surface area contributed by atoms with Crippen LogP contribution in [0.4, 0.5) is 0 Å². The predicted molar refractivity (Wildman–Crippen MR) is 97.7 cm³/mol. The fraction of sp³-hybridized carbons (Fsp3) is 0.278. The Labute approximate surface area is 152 Å². The summed E-state index contributed by atoms with van der Waals surface area (Å²) in [5.74, 6) is 0.170. The van der Waals surface area contributed by atoms with Gasteiger partial charge in [0, 0.05) is 6.26 Å². The Bertz CT molecular complexity index is 834. The summed E-state index contributed by atoms with van der Waals surface area (Å²) in [5.41, 5.74) is 0.834. The molecule has 1 unspecified atom stereocenters. The zero-order valence-corrected chi connectivity index (χ0v) is 15.6. The third-order valence-corrected chi connectivity index (χ3v) is 5.09. The highest BCUT2D eigenvalue weighted by Crippen LogP contribution is 2.23. The van der Waals surface area contributed by atoms with Gasteiger partial charge < -0.3 is 10.1 Å². The molecule has 134 valence electrons. The molecule has 0 saturated carbocycles. The first-order chi connectivity index (χ1) is 11.8. The van der Waals surface area contributed by atoms with Gasteiger partial charge in [-0.3, -0.25) is 4.79 Å². The molecule has 0 spiro atoms. The number of halogens is 1. The second-order valence-electron chi connectivity index (χ2n) is 5.59. The van der Waals surface area contributed by atoms with Crippen molar-refractivity contribution >= 4 is 27.3 Å². The topological polar surface area (TPSA) is 72.5 Å². The number of rotatable bonds is 7. The van der Waals surface area contributed by atoms with Crippen LogP contribution < -0.4 is 10.1 Å². The molecule has 0 aromatic heterocycles. The molecule has 0 saturated heterocycles. The number of carbonyl (C=O) groups is 1. The molecule has 0 bridgehead atoms. The van der Waals surface area contributed by atoms with E-state index < -0.39 is 9.84 Å². The van der Waals surface area contributed by atoms with Gasteiger partial charge in [-0.2, -0.15) is 0 Å². The number of hydrogen-bond acceptors (Lipinski definition) is 4. The van der Waals surface area contributed by atoms with Gasteiger partial charge in [0.1, 0.15) is 5.75 Å². The van der Waals surface area contributed by atoms with Gasteiger partial charge >= 0.3 is 0 Å². The molecule has 0 aliphatic rings. The fourth-order valence-corrected chi connectivity index (χ4v) is 3.13. The summed E-state index contributed by atoms with van der Waals surface area (Å²) in [6.45, 7) is 1.78. The number of sulfone groups is 1. The average molecular weight is 382 g/mol. The van der Waals surface area contributed by atoms with Crippen LogP contribution in [-0.2, 0) is 14.6 Å². The van der Waals surface area contributed by atoms with Gasteiger partial charge in [-0.05, 0) is 36.2 Å². The standard InChI is InChI=1S/C18H20ClNO4S/c1-3-16(13-8-10-14(11-9-13)25(2,22)23)20-18(21)12-24-17-7-5-4-6-15(17)19/h4-11,16H,3,12H2,1-2H3,(H,20,21). The minimum absolute atomic E-state index is 0.151. The quantitative estimate of drug-likeness (QED) is 0.797. The summed E-state index contributed by atoms with van der Waals surface area (Å²) in [7, 11) is -3.24. The van der Waals surface area contributed by atoms with Crippen LogP contribution in [0.15, 0.2) is 53.4 Å². The minimum atomic E-state index is -3.24.